The molecule has 0 bridgehead atoms. The highest BCUT2D eigenvalue weighted by atomic mass is 35.5. The van der Waals surface area contributed by atoms with Crippen LogP contribution in [-0.4, -0.2) is 45.3 Å². The zero-order valence-electron chi connectivity index (χ0n) is 14.7. The summed E-state index contributed by atoms with van der Waals surface area (Å²) in [6.45, 7) is 4.57. The van der Waals surface area contributed by atoms with E-state index in [9.17, 15) is 0 Å². The van der Waals surface area contributed by atoms with Gasteiger partial charge in [-0.15, -0.1) is 0 Å². The molecule has 0 saturated carbocycles. The van der Waals surface area contributed by atoms with E-state index in [4.69, 9.17) is 25.8 Å². The Morgan fingerprint density at radius 1 is 1.28 bits per heavy atom. The molecule has 7 nitrogen and oxygen atoms in total. The number of nitrogens with zero attached hydrogens (tertiary/aromatic N) is 4. The Morgan fingerprint density at radius 2 is 2.16 bits per heavy atom. The molecule has 0 aliphatic carbocycles. The van der Waals surface area contributed by atoms with Gasteiger partial charge in [-0.05, 0) is 13.3 Å². The molecule has 138 valence electrons. The lowest BCUT2D eigenvalue weighted by Gasteiger charge is -2.24. The van der Waals surface area contributed by atoms with Gasteiger partial charge in [0.2, 0.25) is 0 Å². The quantitative estimate of drug-likeness (QED) is 0.496. The molecular formula is C17H25ClN4O3. The molecule has 3 heterocycles. The first-order chi connectivity index (χ1) is 12.2. The summed E-state index contributed by atoms with van der Waals surface area (Å²) >= 11 is 6.14. The molecule has 1 aliphatic heterocycles. The monoisotopic (exact) mass is 368 g/mol. The fourth-order valence-electron chi connectivity index (χ4n) is 3.17. The van der Waals surface area contributed by atoms with E-state index < -0.39 is 6.48 Å². The molecule has 1 aliphatic rings. The Kier molecular flexibility index (Phi) is 6.58. The summed E-state index contributed by atoms with van der Waals surface area (Å²) in [6, 6.07) is 0.0679. The Morgan fingerprint density at radius 3 is 2.96 bits per heavy atom. The second-order valence-corrected chi connectivity index (χ2v) is 6.52. The summed E-state index contributed by atoms with van der Waals surface area (Å²) in [5.41, 5.74) is 1.34. The van der Waals surface area contributed by atoms with Crippen molar-refractivity contribution >= 4 is 22.8 Å². The van der Waals surface area contributed by atoms with Gasteiger partial charge in [-0.2, -0.15) is 0 Å². The maximum atomic E-state index is 6.14. The lowest BCUT2D eigenvalue weighted by Crippen LogP contribution is -2.27. The van der Waals surface area contributed by atoms with Gasteiger partial charge in [-0.3, -0.25) is 0 Å². The lowest BCUT2D eigenvalue weighted by atomic mass is 10.0. The molecule has 3 atom stereocenters. The predicted molar refractivity (Wildman–Crippen MR) is 94.4 cm³/mol. The minimum absolute atomic E-state index is 0.0679. The first-order valence-corrected chi connectivity index (χ1v) is 9.34. The van der Waals surface area contributed by atoms with Gasteiger partial charge in [-0.1, -0.05) is 44.2 Å². The summed E-state index contributed by atoms with van der Waals surface area (Å²) in [5.74, 6) is 0. The molecule has 0 N–H and O–H groups in total. The van der Waals surface area contributed by atoms with Crippen LogP contribution in [-0.2, 0) is 14.2 Å². The van der Waals surface area contributed by atoms with E-state index in [1.807, 2.05) is 11.5 Å². The normalized spacial score (nSPS) is 21.9. The average Bonchev–Trinajstić information content (AvgIpc) is 3.24. The zero-order chi connectivity index (χ0) is 17.6. The van der Waals surface area contributed by atoms with Crippen LogP contribution >= 0.6 is 11.6 Å². The number of ether oxygens (including phenoxy) is 3. The summed E-state index contributed by atoms with van der Waals surface area (Å²) < 4.78 is 19.0. The van der Waals surface area contributed by atoms with Gasteiger partial charge >= 0.3 is 0 Å². The van der Waals surface area contributed by atoms with E-state index in [0.29, 0.717) is 23.9 Å². The lowest BCUT2D eigenvalue weighted by molar-refractivity contribution is -0.237. The molecule has 2 aromatic heterocycles. The number of fused-ring (bicyclic) bond motifs is 1. The van der Waals surface area contributed by atoms with Gasteiger partial charge in [-0.25, -0.2) is 15.0 Å². The van der Waals surface area contributed by atoms with E-state index in [0.717, 1.165) is 18.5 Å². The van der Waals surface area contributed by atoms with Gasteiger partial charge in [0.1, 0.15) is 17.9 Å². The van der Waals surface area contributed by atoms with E-state index in [1.54, 1.807) is 6.33 Å². The van der Waals surface area contributed by atoms with E-state index in [-0.39, 0.29) is 12.1 Å². The van der Waals surface area contributed by atoms with Gasteiger partial charge in [0, 0.05) is 6.61 Å². The fourth-order valence-corrected chi connectivity index (χ4v) is 3.35. The fraction of sp³-hybridized carbons (Fsp3) is 0.706. The molecule has 25 heavy (non-hydrogen) atoms. The third-order valence-electron chi connectivity index (χ3n) is 4.44. The van der Waals surface area contributed by atoms with Crippen LogP contribution in [0.2, 0.25) is 5.15 Å². The minimum atomic E-state index is -0.596. The molecule has 0 aromatic carbocycles. The van der Waals surface area contributed by atoms with Crippen LogP contribution in [0, 0.1) is 0 Å². The van der Waals surface area contributed by atoms with Crippen molar-refractivity contribution in [1.82, 2.24) is 19.5 Å². The van der Waals surface area contributed by atoms with Gasteiger partial charge in [0.15, 0.2) is 10.8 Å². The summed E-state index contributed by atoms with van der Waals surface area (Å²) in [4.78, 5) is 12.8. The zero-order valence-corrected chi connectivity index (χ0v) is 15.5. The number of hydrogen-bond acceptors (Lipinski definition) is 6. The van der Waals surface area contributed by atoms with Crippen LogP contribution in [0.25, 0.3) is 11.2 Å². The number of halogens is 1. The molecule has 0 radical (unpaired) electrons. The molecule has 8 heteroatoms. The second kappa shape index (κ2) is 8.89. The Labute approximate surface area is 152 Å². The second-order valence-electron chi connectivity index (χ2n) is 6.16. The smallest absolute Gasteiger partial charge is 0.272 e. The number of rotatable bonds is 9. The van der Waals surface area contributed by atoms with Crippen LogP contribution in [0.4, 0.5) is 0 Å². The topological polar surface area (TPSA) is 71.3 Å². The molecule has 1 fully saturated rings. The highest BCUT2D eigenvalue weighted by Crippen LogP contribution is 2.31. The van der Waals surface area contributed by atoms with Crippen molar-refractivity contribution in [1.29, 1.82) is 0 Å². The molecule has 1 unspecified atom stereocenters. The van der Waals surface area contributed by atoms with Crippen molar-refractivity contribution in [2.45, 2.75) is 64.6 Å². The molecule has 3 rings (SSSR count). The Hall–Kier alpha value is -1.28. The van der Waals surface area contributed by atoms with Crippen molar-refractivity contribution < 1.29 is 14.2 Å². The minimum Gasteiger partial charge on any atom is -0.330 e. The number of imidazole rings is 1. The molecule has 2 aromatic rings. The molecular weight excluding hydrogens is 344 g/mol. The van der Waals surface area contributed by atoms with Crippen molar-refractivity contribution in [3.8, 4) is 0 Å². The standard InChI is InChI=1S/C17H25ClN4O3/c1-3-5-6-7-8-12(13-9-24-17(25-13)23-4-2)22-11-21-14-15(18)19-10-20-16(14)22/h10-13,17H,3-9H2,1-2H3/t12-,13+,17?/m1/s1. The highest BCUT2D eigenvalue weighted by Gasteiger charge is 2.34. The van der Waals surface area contributed by atoms with E-state index in [2.05, 4.69) is 21.9 Å². The maximum absolute atomic E-state index is 6.14. The van der Waals surface area contributed by atoms with Gasteiger partial charge < -0.3 is 18.8 Å². The van der Waals surface area contributed by atoms with Gasteiger partial charge in [0.25, 0.3) is 6.48 Å². The van der Waals surface area contributed by atoms with Crippen LogP contribution in [0.3, 0.4) is 0 Å². The van der Waals surface area contributed by atoms with Crippen LogP contribution in [0.5, 0.6) is 0 Å². The Bertz CT molecular complexity index is 681. The third kappa shape index (κ3) is 4.28. The molecule has 0 spiro atoms. The van der Waals surface area contributed by atoms with Crippen molar-refractivity contribution in [3.63, 3.8) is 0 Å². The molecule has 1 saturated heterocycles. The molecule has 0 amide bonds. The summed E-state index contributed by atoms with van der Waals surface area (Å²) in [5, 5.41) is 0.365. The van der Waals surface area contributed by atoms with Gasteiger partial charge in [0.05, 0.1) is 19.0 Å². The van der Waals surface area contributed by atoms with E-state index >= 15 is 0 Å². The largest absolute Gasteiger partial charge is 0.330 e. The average molecular weight is 369 g/mol. The predicted octanol–water partition coefficient (Wildman–Crippen LogP) is 3.73. The van der Waals surface area contributed by atoms with Crippen molar-refractivity contribution in [2.75, 3.05) is 13.2 Å². The van der Waals surface area contributed by atoms with Crippen molar-refractivity contribution in [3.05, 3.63) is 17.8 Å². The number of unbranched alkanes of at least 4 members (excludes halogenated alkanes) is 3. The Balaban J connectivity index is 1.81. The first kappa shape index (κ1) is 18.5. The maximum Gasteiger partial charge on any atom is 0.272 e. The first-order valence-electron chi connectivity index (χ1n) is 8.96. The number of aromatic nitrogens is 4. The SMILES string of the molecule is CCCCCC[C@H]([C@@H]1COC(OCC)O1)n1cnc2c(Cl)ncnc21. The van der Waals surface area contributed by atoms with Crippen LogP contribution < -0.4 is 0 Å². The van der Waals surface area contributed by atoms with Crippen LogP contribution in [0.1, 0.15) is 52.0 Å². The van der Waals surface area contributed by atoms with Crippen molar-refractivity contribution in [2.24, 2.45) is 0 Å². The summed E-state index contributed by atoms with van der Waals surface area (Å²) in [7, 11) is 0. The van der Waals surface area contributed by atoms with E-state index in [1.165, 1.54) is 25.6 Å². The highest BCUT2D eigenvalue weighted by molar-refractivity contribution is 6.33. The number of hydrogen-bond donors (Lipinski definition) is 0. The summed E-state index contributed by atoms with van der Waals surface area (Å²) in [6.07, 6.45) is 8.82. The van der Waals surface area contributed by atoms with Crippen LogP contribution in [0.15, 0.2) is 12.7 Å². The third-order valence-corrected chi connectivity index (χ3v) is 4.72.